The minimum absolute atomic E-state index is 0.597. The molecule has 1 aromatic carbocycles. The summed E-state index contributed by atoms with van der Waals surface area (Å²) in [6, 6.07) is 12.1. The van der Waals surface area contributed by atoms with Crippen LogP contribution in [0.25, 0.3) is 0 Å². The van der Waals surface area contributed by atoms with E-state index in [0.29, 0.717) is 12.1 Å². The highest BCUT2D eigenvalue weighted by Gasteiger charge is 2.22. The number of hydrogen-bond donors (Lipinski definition) is 1. The number of nitrogens with one attached hydrogen (secondary N) is 1. The molecule has 0 aromatic heterocycles. The Balaban J connectivity index is 1.35. The maximum atomic E-state index is 5.56. The van der Waals surface area contributed by atoms with Crippen molar-refractivity contribution in [3.8, 4) is 0 Å². The highest BCUT2D eigenvalue weighted by atomic mass is 16.5. The Morgan fingerprint density at radius 1 is 1.05 bits per heavy atom. The van der Waals surface area contributed by atoms with Gasteiger partial charge in [0.2, 0.25) is 0 Å². The van der Waals surface area contributed by atoms with Crippen molar-refractivity contribution in [2.75, 3.05) is 32.8 Å². The maximum absolute atomic E-state index is 5.56. The maximum Gasteiger partial charge on any atom is 0.0619 e. The van der Waals surface area contributed by atoms with Crippen molar-refractivity contribution in [3.05, 3.63) is 35.9 Å². The molecule has 0 spiro atoms. The molecule has 1 atom stereocenters. The second-order valence-electron chi connectivity index (χ2n) is 6.43. The number of nitrogens with zero attached hydrogens (tertiary/aromatic N) is 1. The first-order valence-electron chi connectivity index (χ1n) is 8.50. The molecule has 2 heterocycles. The Hall–Kier alpha value is -0.900. The lowest BCUT2D eigenvalue weighted by molar-refractivity contribution is 0.0614. The third kappa shape index (κ3) is 4.80. The lowest BCUT2D eigenvalue weighted by atomic mass is 10.0. The van der Waals surface area contributed by atoms with Gasteiger partial charge in [0.1, 0.15) is 0 Å². The molecule has 21 heavy (non-hydrogen) atoms. The molecule has 3 rings (SSSR count). The van der Waals surface area contributed by atoms with Crippen LogP contribution in [-0.4, -0.2) is 49.8 Å². The third-order valence-electron chi connectivity index (χ3n) is 4.78. The number of likely N-dealkylation sites (tertiary alicyclic amines) is 1. The highest BCUT2D eigenvalue weighted by molar-refractivity contribution is 5.14. The van der Waals surface area contributed by atoms with Gasteiger partial charge in [0.25, 0.3) is 0 Å². The van der Waals surface area contributed by atoms with E-state index in [9.17, 15) is 0 Å². The van der Waals surface area contributed by atoms with Gasteiger partial charge in [0, 0.05) is 25.2 Å². The normalized spacial score (nSPS) is 25.0. The van der Waals surface area contributed by atoms with Crippen molar-refractivity contribution in [3.63, 3.8) is 0 Å². The average molecular weight is 288 g/mol. The molecule has 0 saturated carbocycles. The molecule has 3 nitrogen and oxygen atoms in total. The molecule has 2 saturated heterocycles. The van der Waals surface area contributed by atoms with E-state index in [1.165, 1.54) is 57.3 Å². The van der Waals surface area contributed by atoms with Gasteiger partial charge in [0.05, 0.1) is 6.61 Å². The van der Waals surface area contributed by atoms with E-state index in [1.54, 1.807) is 0 Å². The van der Waals surface area contributed by atoms with Crippen LogP contribution in [0, 0.1) is 0 Å². The first-order valence-corrected chi connectivity index (χ1v) is 8.50. The van der Waals surface area contributed by atoms with Gasteiger partial charge >= 0.3 is 0 Å². The second-order valence-corrected chi connectivity index (χ2v) is 6.43. The fourth-order valence-electron chi connectivity index (χ4n) is 3.46. The minimum Gasteiger partial charge on any atom is -0.380 e. The lowest BCUT2D eigenvalue weighted by Gasteiger charge is -2.35. The summed E-state index contributed by atoms with van der Waals surface area (Å²) < 4.78 is 5.56. The number of rotatable bonds is 5. The van der Waals surface area contributed by atoms with Gasteiger partial charge in [-0.3, -0.25) is 0 Å². The van der Waals surface area contributed by atoms with Crippen molar-refractivity contribution in [1.82, 2.24) is 10.2 Å². The molecule has 0 radical (unpaired) electrons. The van der Waals surface area contributed by atoms with Crippen LogP contribution in [0.3, 0.4) is 0 Å². The van der Waals surface area contributed by atoms with Crippen LogP contribution in [0.1, 0.15) is 31.2 Å². The Labute approximate surface area is 128 Å². The summed E-state index contributed by atoms with van der Waals surface area (Å²) in [5.41, 5.74) is 1.46. The van der Waals surface area contributed by atoms with Gasteiger partial charge in [-0.25, -0.2) is 0 Å². The van der Waals surface area contributed by atoms with E-state index in [2.05, 4.69) is 40.5 Å². The van der Waals surface area contributed by atoms with Gasteiger partial charge < -0.3 is 15.0 Å². The summed E-state index contributed by atoms with van der Waals surface area (Å²) in [6.45, 7) is 5.53. The minimum atomic E-state index is 0.597. The molecule has 116 valence electrons. The molecule has 1 unspecified atom stereocenters. The molecule has 2 fully saturated rings. The molecule has 0 aliphatic carbocycles. The van der Waals surface area contributed by atoms with Crippen LogP contribution in [0.4, 0.5) is 0 Å². The quantitative estimate of drug-likeness (QED) is 0.901. The first kappa shape index (κ1) is 15.0. The zero-order valence-electron chi connectivity index (χ0n) is 13.0. The van der Waals surface area contributed by atoms with Crippen LogP contribution in [0.2, 0.25) is 0 Å². The molecule has 2 aliphatic rings. The zero-order chi connectivity index (χ0) is 14.3. The standard InChI is InChI=1S/C18H28N2O/c1-2-5-16(6-3-1)8-11-20-12-9-17(10-13-20)19-18-7-4-14-21-15-18/h1-3,5-6,17-19H,4,7-15H2. The van der Waals surface area contributed by atoms with Crippen molar-refractivity contribution in [1.29, 1.82) is 0 Å². The van der Waals surface area contributed by atoms with Gasteiger partial charge in [-0.05, 0) is 50.8 Å². The molecule has 0 bridgehead atoms. The fourth-order valence-corrected chi connectivity index (χ4v) is 3.46. The van der Waals surface area contributed by atoms with Crippen LogP contribution < -0.4 is 5.32 Å². The largest absolute Gasteiger partial charge is 0.380 e. The first-order chi connectivity index (χ1) is 10.4. The van der Waals surface area contributed by atoms with E-state index in [4.69, 9.17) is 4.74 Å². The predicted octanol–water partition coefficient (Wildman–Crippen LogP) is 2.46. The molecule has 0 amide bonds. The Bertz CT molecular complexity index is 395. The zero-order valence-corrected chi connectivity index (χ0v) is 13.0. The number of ether oxygens (including phenoxy) is 1. The van der Waals surface area contributed by atoms with E-state index in [0.717, 1.165) is 13.2 Å². The molecule has 3 heteroatoms. The van der Waals surface area contributed by atoms with Crippen molar-refractivity contribution in [2.45, 2.75) is 44.2 Å². The summed E-state index contributed by atoms with van der Waals surface area (Å²) in [4.78, 5) is 2.61. The van der Waals surface area contributed by atoms with Crippen molar-refractivity contribution >= 4 is 0 Å². The fraction of sp³-hybridized carbons (Fsp3) is 0.667. The van der Waals surface area contributed by atoms with Gasteiger partial charge in [-0.1, -0.05) is 30.3 Å². The van der Waals surface area contributed by atoms with E-state index in [1.807, 2.05) is 0 Å². The lowest BCUT2D eigenvalue weighted by Crippen LogP contribution is -2.48. The number of piperidine rings is 1. The molecular weight excluding hydrogens is 260 g/mol. The van der Waals surface area contributed by atoms with Crippen LogP contribution in [0.15, 0.2) is 30.3 Å². The smallest absolute Gasteiger partial charge is 0.0619 e. The van der Waals surface area contributed by atoms with Crippen LogP contribution >= 0.6 is 0 Å². The van der Waals surface area contributed by atoms with Gasteiger partial charge in [-0.15, -0.1) is 0 Å². The second kappa shape index (κ2) is 7.92. The SMILES string of the molecule is c1ccc(CCN2CCC(NC3CCCOC3)CC2)cc1. The van der Waals surface area contributed by atoms with E-state index in [-0.39, 0.29) is 0 Å². The van der Waals surface area contributed by atoms with Gasteiger partial charge in [-0.2, -0.15) is 0 Å². The van der Waals surface area contributed by atoms with Crippen LogP contribution in [-0.2, 0) is 11.2 Å². The Kier molecular flexibility index (Phi) is 5.67. The molecule has 1 aromatic rings. The molecule has 1 N–H and O–H groups in total. The van der Waals surface area contributed by atoms with Gasteiger partial charge in [0.15, 0.2) is 0 Å². The summed E-state index contributed by atoms with van der Waals surface area (Å²) in [5.74, 6) is 0. The average Bonchev–Trinajstić information content (AvgIpc) is 2.56. The van der Waals surface area contributed by atoms with Crippen molar-refractivity contribution in [2.24, 2.45) is 0 Å². The summed E-state index contributed by atoms with van der Waals surface area (Å²) in [7, 11) is 0. The van der Waals surface area contributed by atoms with E-state index < -0.39 is 0 Å². The van der Waals surface area contributed by atoms with Crippen molar-refractivity contribution < 1.29 is 4.74 Å². The Morgan fingerprint density at radius 3 is 2.57 bits per heavy atom. The Morgan fingerprint density at radius 2 is 1.86 bits per heavy atom. The number of benzene rings is 1. The van der Waals surface area contributed by atoms with Crippen LogP contribution in [0.5, 0.6) is 0 Å². The topological polar surface area (TPSA) is 24.5 Å². The summed E-state index contributed by atoms with van der Waals surface area (Å²) >= 11 is 0. The number of hydrogen-bond acceptors (Lipinski definition) is 3. The summed E-state index contributed by atoms with van der Waals surface area (Å²) in [6.07, 6.45) is 6.24. The van der Waals surface area contributed by atoms with E-state index >= 15 is 0 Å². The third-order valence-corrected chi connectivity index (χ3v) is 4.78. The summed E-state index contributed by atoms with van der Waals surface area (Å²) in [5, 5.41) is 3.80. The predicted molar refractivity (Wildman–Crippen MR) is 86.6 cm³/mol. The molecule has 2 aliphatic heterocycles. The monoisotopic (exact) mass is 288 g/mol. The molecular formula is C18H28N2O. The highest BCUT2D eigenvalue weighted by Crippen LogP contribution is 2.14.